The Morgan fingerprint density at radius 1 is 1.33 bits per heavy atom. The van der Waals surface area contributed by atoms with Gasteiger partial charge < -0.3 is 9.84 Å². The van der Waals surface area contributed by atoms with E-state index in [2.05, 4.69) is 6.58 Å². The number of hydrogen-bond donors (Lipinski definition) is 1. The third-order valence-electron chi connectivity index (χ3n) is 4.24. The summed E-state index contributed by atoms with van der Waals surface area (Å²) in [6, 6.07) is 0. The molecule has 0 radical (unpaired) electrons. The van der Waals surface area contributed by atoms with E-state index in [4.69, 9.17) is 4.74 Å². The molecule has 1 aliphatic heterocycles. The summed E-state index contributed by atoms with van der Waals surface area (Å²) >= 11 is 0. The molecule has 1 N–H and O–H groups in total. The summed E-state index contributed by atoms with van der Waals surface area (Å²) in [5.74, 6) is 0.668. The SMILES string of the molecule is C=C[C@@H]1C[C@](CO)(C2CCCCC2)CO1. The van der Waals surface area contributed by atoms with E-state index in [0.717, 1.165) is 13.0 Å². The zero-order valence-electron chi connectivity index (χ0n) is 9.45. The molecule has 0 bridgehead atoms. The Morgan fingerprint density at radius 3 is 2.60 bits per heavy atom. The molecule has 0 aromatic rings. The fourth-order valence-corrected chi connectivity index (χ4v) is 3.18. The Balaban J connectivity index is 2.04. The summed E-state index contributed by atoms with van der Waals surface area (Å²) in [5, 5.41) is 9.67. The van der Waals surface area contributed by atoms with E-state index in [1.807, 2.05) is 6.08 Å². The van der Waals surface area contributed by atoms with Gasteiger partial charge in [-0.3, -0.25) is 0 Å². The maximum Gasteiger partial charge on any atom is 0.0760 e. The average molecular weight is 210 g/mol. The highest BCUT2D eigenvalue weighted by Crippen LogP contribution is 2.45. The molecular weight excluding hydrogens is 188 g/mol. The molecule has 0 amide bonds. The van der Waals surface area contributed by atoms with Crippen molar-refractivity contribution in [3.05, 3.63) is 12.7 Å². The van der Waals surface area contributed by atoms with E-state index in [1.54, 1.807) is 0 Å². The first kappa shape index (κ1) is 11.2. The van der Waals surface area contributed by atoms with Gasteiger partial charge in [-0.1, -0.05) is 25.3 Å². The largest absolute Gasteiger partial charge is 0.396 e. The van der Waals surface area contributed by atoms with E-state index in [-0.39, 0.29) is 18.1 Å². The molecule has 1 saturated heterocycles. The maximum absolute atomic E-state index is 9.67. The van der Waals surface area contributed by atoms with Crippen LogP contribution in [0.15, 0.2) is 12.7 Å². The van der Waals surface area contributed by atoms with E-state index in [1.165, 1.54) is 32.1 Å². The van der Waals surface area contributed by atoms with Crippen molar-refractivity contribution in [1.29, 1.82) is 0 Å². The van der Waals surface area contributed by atoms with Gasteiger partial charge in [-0.15, -0.1) is 6.58 Å². The van der Waals surface area contributed by atoms with Crippen molar-refractivity contribution in [3.8, 4) is 0 Å². The lowest BCUT2D eigenvalue weighted by Crippen LogP contribution is -2.36. The number of rotatable bonds is 3. The van der Waals surface area contributed by atoms with Crippen LogP contribution in [-0.4, -0.2) is 24.4 Å². The van der Waals surface area contributed by atoms with Gasteiger partial charge in [-0.2, -0.15) is 0 Å². The van der Waals surface area contributed by atoms with Gasteiger partial charge in [-0.05, 0) is 25.2 Å². The standard InChI is InChI=1S/C13H22O2/c1-2-12-8-13(9-14,10-15-12)11-6-4-3-5-7-11/h2,11-12,14H,1,3-10H2/t12-,13-/m1/s1. The van der Waals surface area contributed by atoms with Gasteiger partial charge in [0.15, 0.2) is 0 Å². The monoisotopic (exact) mass is 210 g/mol. The molecule has 0 unspecified atom stereocenters. The Labute approximate surface area is 92.3 Å². The van der Waals surface area contributed by atoms with Crippen LogP contribution >= 0.6 is 0 Å². The van der Waals surface area contributed by atoms with Crippen molar-refractivity contribution in [2.24, 2.45) is 11.3 Å². The second-order valence-electron chi connectivity index (χ2n) is 5.14. The second kappa shape index (κ2) is 4.67. The Kier molecular flexibility index (Phi) is 3.47. The van der Waals surface area contributed by atoms with Crippen molar-refractivity contribution in [1.82, 2.24) is 0 Å². The van der Waals surface area contributed by atoms with Crippen LogP contribution in [0.2, 0.25) is 0 Å². The predicted octanol–water partition coefficient (Wildman–Crippen LogP) is 2.52. The van der Waals surface area contributed by atoms with Crippen LogP contribution in [0.3, 0.4) is 0 Å². The molecule has 2 nitrogen and oxygen atoms in total. The van der Waals surface area contributed by atoms with E-state index in [9.17, 15) is 5.11 Å². The van der Waals surface area contributed by atoms with Gasteiger partial charge in [0.1, 0.15) is 0 Å². The first-order valence-corrected chi connectivity index (χ1v) is 6.16. The van der Waals surface area contributed by atoms with Crippen LogP contribution in [-0.2, 0) is 4.74 Å². The van der Waals surface area contributed by atoms with Gasteiger partial charge >= 0.3 is 0 Å². The number of aliphatic hydroxyl groups excluding tert-OH is 1. The van der Waals surface area contributed by atoms with E-state index >= 15 is 0 Å². The fourth-order valence-electron chi connectivity index (χ4n) is 3.18. The number of aliphatic hydroxyl groups is 1. The molecule has 15 heavy (non-hydrogen) atoms. The Hall–Kier alpha value is -0.340. The zero-order chi connectivity index (χ0) is 10.7. The molecule has 2 rings (SSSR count). The lowest BCUT2D eigenvalue weighted by molar-refractivity contribution is 0.0249. The van der Waals surface area contributed by atoms with Crippen LogP contribution in [0.5, 0.6) is 0 Å². The van der Waals surface area contributed by atoms with E-state index in [0.29, 0.717) is 5.92 Å². The highest BCUT2D eigenvalue weighted by atomic mass is 16.5. The third kappa shape index (κ3) is 2.11. The minimum Gasteiger partial charge on any atom is -0.396 e. The van der Waals surface area contributed by atoms with E-state index < -0.39 is 0 Å². The Morgan fingerprint density at radius 2 is 2.07 bits per heavy atom. The predicted molar refractivity (Wildman–Crippen MR) is 60.6 cm³/mol. The average Bonchev–Trinajstić information content (AvgIpc) is 2.75. The summed E-state index contributed by atoms with van der Waals surface area (Å²) in [6.45, 7) is 4.79. The molecule has 0 spiro atoms. The summed E-state index contributed by atoms with van der Waals surface area (Å²) in [6.07, 6.45) is 9.57. The molecule has 2 fully saturated rings. The molecule has 2 aliphatic rings. The molecule has 0 aromatic heterocycles. The summed E-state index contributed by atoms with van der Waals surface area (Å²) < 4.78 is 5.68. The maximum atomic E-state index is 9.67. The molecule has 2 atom stereocenters. The topological polar surface area (TPSA) is 29.5 Å². The van der Waals surface area contributed by atoms with Crippen LogP contribution < -0.4 is 0 Å². The Bertz CT molecular complexity index is 221. The quantitative estimate of drug-likeness (QED) is 0.725. The van der Waals surface area contributed by atoms with Gasteiger partial charge in [0.2, 0.25) is 0 Å². The van der Waals surface area contributed by atoms with Crippen molar-refractivity contribution >= 4 is 0 Å². The zero-order valence-corrected chi connectivity index (χ0v) is 9.45. The molecule has 1 saturated carbocycles. The van der Waals surface area contributed by atoms with Crippen LogP contribution in [0, 0.1) is 11.3 Å². The third-order valence-corrected chi connectivity index (χ3v) is 4.24. The van der Waals surface area contributed by atoms with Gasteiger partial charge in [0.25, 0.3) is 0 Å². The highest BCUT2D eigenvalue weighted by molar-refractivity contribution is 4.98. The number of ether oxygens (including phenoxy) is 1. The molecule has 86 valence electrons. The van der Waals surface area contributed by atoms with Crippen molar-refractivity contribution in [2.75, 3.05) is 13.2 Å². The lowest BCUT2D eigenvalue weighted by Gasteiger charge is -2.37. The summed E-state index contributed by atoms with van der Waals surface area (Å²) in [5.41, 5.74) is 0.0409. The fraction of sp³-hybridized carbons (Fsp3) is 0.846. The lowest BCUT2D eigenvalue weighted by atomic mass is 9.68. The normalized spacial score (nSPS) is 38.1. The minimum absolute atomic E-state index is 0.0409. The second-order valence-corrected chi connectivity index (χ2v) is 5.14. The summed E-state index contributed by atoms with van der Waals surface area (Å²) in [4.78, 5) is 0. The van der Waals surface area contributed by atoms with Gasteiger partial charge in [0, 0.05) is 5.41 Å². The molecular formula is C13H22O2. The van der Waals surface area contributed by atoms with Crippen LogP contribution in [0.4, 0.5) is 0 Å². The summed E-state index contributed by atoms with van der Waals surface area (Å²) in [7, 11) is 0. The minimum atomic E-state index is 0.0409. The van der Waals surface area contributed by atoms with Crippen LogP contribution in [0.1, 0.15) is 38.5 Å². The van der Waals surface area contributed by atoms with Crippen LogP contribution in [0.25, 0.3) is 0 Å². The van der Waals surface area contributed by atoms with Gasteiger partial charge in [-0.25, -0.2) is 0 Å². The highest BCUT2D eigenvalue weighted by Gasteiger charge is 2.44. The molecule has 1 heterocycles. The van der Waals surface area contributed by atoms with Crippen molar-refractivity contribution in [2.45, 2.75) is 44.6 Å². The smallest absolute Gasteiger partial charge is 0.0760 e. The first-order valence-electron chi connectivity index (χ1n) is 6.16. The van der Waals surface area contributed by atoms with Crippen molar-refractivity contribution in [3.63, 3.8) is 0 Å². The first-order chi connectivity index (χ1) is 7.30. The molecule has 0 aromatic carbocycles. The molecule has 1 aliphatic carbocycles. The van der Waals surface area contributed by atoms with Crippen molar-refractivity contribution < 1.29 is 9.84 Å². The van der Waals surface area contributed by atoms with Gasteiger partial charge in [0.05, 0.1) is 19.3 Å². The number of hydrogen-bond acceptors (Lipinski definition) is 2. The molecule has 2 heteroatoms.